The van der Waals surface area contributed by atoms with Crippen molar-refractivity contribution >= 4 is 10.8 Å². The van der Waals surface area contributed by atoms with Crippen molar-refractivity contribution in [2.75, 3.05) is 7.11 Å². The van der Waals surface area contributed by atoms with Gasteiger partial charge < -0.3 is 10.5 Å². The van der Waals surface area contributed by atoms with Crippen LogP contribution in [0.1, 0.15) is 31.2 Å². The average molecular weight is 269 g/mol. The predicted molar refractivity (Wildman–Crippen MR) is 83.8 cm³/mol. The second kappa shape index (κ2) is 5.55. The van der Waals surface area contributed by atoms with Gasteiger partial charge in [-0.3, -0.25) is 0 Å². The normalized spacial score (nSPS) is 18.7. The van der Waals surface area contributed by atoms with E-state index in [0.29, 0.717) is 0 Å². The Bertz CT molecular complexity index is 578. The first kappa shape index (κ1) is 13.6. The number of hydrogen-bond donors (Lipinski definition) is 1. The number of rotatable bonds is 5. The maximum Gasteiger partial charge on any atom is 0.0693 e. The zero-order valence-corrected chi connectivity index (χ0v) is 12.1. The van der Waals surface area contributed by atoms with Crippen molar-refractivity contribution in [1.82, 2.24) is 0 Å². The SMILES string of the molecule is COC1(CC(N)Cc2cccc3ccccc23)CCC1. The molecule has 1 aliphatic carbocycles. The fraction of sp³-hybridized carbons (Fsp3) is 0.444. The molecular weight excluding hydrogens is 246 g/mol. The topological polar surface area (TPSA) is 35.2 Å². The van der Waals surface area contributed by atoms with E-state index in [1.165, 1.54) is 22.8 Å². The molecule has 2 nitrogen and oxygen atoms in total. The van der Waals surface area contributed by atoms with Crippen molar-refractivity contribution in [3.05, 3.63) is 48.0 Å². The first-order valence-corrected chi connectivity index (χ1v) is 7.50. The highest BCUT2D eigenvalue weighted by Crippen LogP contribution is 2.39. The molecule has 0 radical (unpaired) electrons. The van der Waals surface area contributed by atoms with E-state index in [2.05, 4.69) is 42.5 Å². The van der Waals surface area contributed by atoms with E-state index in [1.54, 1.807) is 0 Å². The van der Waals surface area contributed by atoms with E-state index in [4.69, 9.17) is 10.5 Å². The Balaban J connectivity index is 1.76. The van der Waals surface area contributed by atoms with Gasteiger partial charge in [0, 0.05) is 13.2 Å². The smallest absolute Gasteiger partial charge is 0.0693 e. The Morgan fingerprint density at radius 2 is 1.90 bits per heavy atom. The molecule has 2 aromatic rings. The number of nitrogens with two attached hydrogens (primary N) is 1. The van der Waals surface area contributed by atoms with Crippen molar-refractivity contribution in [3.8, 4) is 0 Å². The summed E-state index contributed by atoms with van der Waals surface area (Å²) < 4.78 is 5.69. The highest BCUT2D eigenvalue weighted by Gasteiger charge is 2.38. The van der Waals surface area contributed by atoms with Crippen LogP contribution in [0.4, 0.5) is 0 Å². The molecule has 2 N–H and O–H groups in total. The molecule has 2 heteroatoms. The molecular formula is C18H23NO. The lowest BCUT2D eigenvalue weighted by atomic mass is 9.75. The Kier molecular flexibility index (Phi) is 3.77. The van der Waals surface area contributed by atoms with Crippen LogP contribution in [0.25, 0.3) is 10.8 Å². The van der Waals surface area contributed by atoms with Crippen molar-refractivity contribution in [2.45, 2.75) is 43.7 Å². The summed E-state index contributed by atoms with van der Waals surface area (Å²) in [5, 5.41) is 2.62. The minimum atomic E-state index is 0.0595. The summed E-state index contributed by atoms with van der Waals surface area (Å²) in [7, 11) is 1.82. The Hall–Kier alpha value is -1.38. The second-order valence-electron chi connectivity index (χ2n) is 6.05. The molecule has 20 heavy (non-hydrogen) atoms. The Morgan fingerprint density at radius 1 is 1.15 bits per heavy atom. The van der Waals surface area contributed by atoms with Gasteiger partial charge in [0.1, 0.15) is 0 Å². The molecule has 1 unspecified atom stereocenters. The number of hydrogen-bond acceptors (Lipinski definition) is 2. The molecule has 0 spiro atoms. The van der Waals surface area contributed by atoms with Crippen molar-refractivity contribution in [1.29, 1.82) is 0 Å². The summed E-state index contributed by atoms with van der Waals surface area (Å²) in [6, 6.07) is 15.2. The summed E-state index contributed by atoms with van der Waals surface area (Å²) in [4.78, 5) is 0. The highest BCUT2D eigenvalue weighted by molar-refractivity contribution is 5.85. The fourth-order valence-corrected chi connectivity index (χ4v) is 3.37. The number of ether oxygens (including phenoxy) is 1. The molecule has 0 bridgehead atoms. The maximum atomic E-state index is 6.39. The molecule has 2 aromatic carbocycles. The average Bonchev–Trinajstić information content (AvgIpc) is 2.43. The van der Waals surface area contributed by atoms with Gasteiger partial charge in [-0.15, -0.1) is 0 Å². The molecule has 3 rings (SSSR count). The summed E-state index contributed by atoms with van der Waals surface area (Å²) in [5.74, 6) is 0. The molecule has 0 saturated heterocycles. The highest BCUT2D eigenvalue weighted by atomic mass is 16.5. The Labute approximate surface area is 120 Å². The summed E-state index contributed by atoms with van der Waals surface area (Å²) in [6.45, 7) is 0. The molecule has 0 amide bonds. The molecule has 1 fully saturated rings. The van der Waals surface area contributed by atoms with Gasteiger partial charge in [0.2, 0.25) is 0 Å². The number of methoxy groups -OCH3 is 1. The van der Waals surface area contributed by atoms with E-state index in [9.17, 15) is 0 Å². The van der Waals surface area contributed by atoms with Gasteiger partial charge in [-0.05, 0) is 48.4 Å². The van der Waals surface area contributed by atoms with Gasteiger partial charge in [0.15, 0.2) is 0 Å². The van der Waals surface area contributed by atoms with Gasteiger partial charge in [-0.25, -0.2) is 0 Å². The van der Waals surface area contributed by atoms with E-state index in [1.807, 2.05) is 7.11 Å². The second-order valence-corrected chi connectivity index (χ2v) is 6.05. The van der Waals surface area contributed by atoms with E-state index in [-0.39, 0.29) is 11.6 Å². The maximum absolute atomic E-state index is 6.39. The lowest BCUT2D eigenvalue weighted by Gasteiger charge is -2.42. The molecule has 1 atom stereocenters. The lowest BCUT2D eigenvalue weighted by Crippen LogP contribution is -2.45. The van der Waals surface area contributed by atoms with Gasteiger partial charge in [0.05, 0.1) is 5.60 Å². The van der Waals surface area contributed by atoms with E-state index < -0.39 is 0 Å². The zero-order valence-electron chi connectivity index (χ0n) is 12.1. The van der Waals surface area contributed by atoms with Crippen LogP contribution in [0.3, 0.4) is 0 Å². The van der Waals surface area contributed by atoms with Crippen LogP contribution in [0.15, 0.2) is 42.5 Å². The quantitative estimate of drug-likeness (QED) is 0.899. The number of benzene rings is 2. The molecule has 1 aliphatic rings. The minimum Gasteiger partial charge on any atom is -0.378 e. The van der Waals surface area contributed by atoms with Crippen LogP contribution in [0, 0.1) is 0 Å². The van der Waals surface area contributed by atoms with Crippen LogP contribution in [0.5, 0.6) is 0 Å². The fourth-order valence-electron chi connectivity index (χ4n) is 3.37. The van der Waals surface area contributed by atoms with Crippen LogP contribution in [-0.4, -0.2) is 18.8 Å². The van der Waals surface area contributed by atoms with Crippen molar-refractivity contribution in [3.63, 3.8) is 0 Å². The van der Waals surface area contributed by atoms with Crippen LogP contribution < -0.4 is 5.73 Å². The molecule has 0 aromatic heterocycles. The first-order chi connectivity index (χ1) is 9.72. The van der Waals surface area contributed by atoms with Crippen LogP contribution in [-0.2, 0) is 11.2 Å². The van der Waals surface area contributed by atoms with Gasteiger partial charge in [0.25, 0.3) is 0 Å². The summed E-state index contributed by atoms with van der Waals surface area (Å²) in [6.07, 6.45) is 5.48. The third-order valence-corrected chi connectivity index (χ3v) is 4.69. The predicted octanol–water partition coefficient (Wildman–Crippen LogP) is 3.67. The zero-order chi connectivity index (χ0) is 14.0. The van der Waals surface area contributed by atoms with Crippen molar-refractivity contribution in [2.24, 2.45) is 5.73 Å². The monoisotopic (exact) mass is 269 g/mol. The molecule has 106 valence electrons. The van der Waals surface area contributed by atoms with Gasteiger partial charge >= 0.3 is 0 Å². The third-order valence-electron chi connectivity index (χ3n) is 4.69. The van der Waals surface area contributed by atoms with Crippen LogP contribution >= 0.6 is 0 Å². The number of fused-ring (bicyclic) bond motifs is 1. The minimum absolute atomic E-state index is 0.0595. The molecule has 0 heterocycles. The summed E-state index contributed by atoms with van der Waals surface area (Å²) in [5.41, 5.74) is 7.80. The standard InChI is InChI=1S/C18H23NO/c1-20-18(10-5-11-18)13-16(19)12-15-8-4-7-14-6-2-3-9-17(14)15/h2-4,6-9,16H,5,10-13,19H2,1H3. The van der Waals surface area contributed by atoms with Gasteiger partial charge in [-0.2, -0.15) is 0 Å². The van der Waals surface area contributed by atoms with Crippen molar-refractivity contribution < 1.29 is 4.74 Å². The molecule has 0 aliphatic heterocycles. The van der Waals surface area contributed by atoms with E-state index in [0.717, 1.165) is 25.7 Å². The lowest BCUT2D eigenvalue weighted by molar-refractivity contribution is -0.0813. The first-order valence-electron chi connectivity index (χ1n) is 7.50. The Morgan fingerprint density at radius 3 is 2.60 bits per heavy atom. The van der Waals surface area contributed by atoms with Gasteiger partial charge in [-0.1, -0.05) is 42.5 Å². The molecule has 1 saturated carbocycles. The van der Waals surface area contributed by atoms with Crippen LogP contribution in [0.2, 0.25) is 0 Å². The van der Waals surface area contributed by atoms with E-state index >= 15 is 0 Å². The largest absolute Gasteiger partial charge is 0.378 e. The third kappa shape index (κ3) is 2.58. The summed E-state index contributed by atoms with van der Waals surface area (Å²) >= 11 is 0.